The first-order chi connectivity index (χ1) is 8.83. The maximum Gasteiger partial charge on any atom is 0.220 e. The maximum absolute atomic E-state index is 12.6. The van der Waals surface area contributed by atoms with E-state index in [2.05, 4.69) is 5.32 Å². The van der Waals surface area contributed by atoms with Gasteiger partial charge in [0.1, 0.15) is 5.75 Å². The summed E-state index contributed by atoms with van der Waals surface area (Å²) in [5.74, 6) is 0.185. The van der Waals surface area contributed by atoms with E-state index in [0.717, 1.165) is 5.56 Å². The Labute approximate surface area is 114 Å². The van der Waals surface area contributed by atoms with Gasteiger partial charge in [0.05, 0.1) is 4.75 Å². The molecule has 0 saturated carbocycles. The van der Waals surface area contributed by atoms with Gasteiger partial charge in [0, 0.05) is 26.2 Å². The number of nitrogens with zero attached hydrogens (tertiary/aromatic N) is 1. The molecule has 19 heavy (non-hydrogen) atoms. The van der Waals surface area contributed by atoms with Crippen LogP contribution in [0.15, 0.2) is 24.3 Å². The van der Waals surface area contributed by atoms with E-state index >= 15 is 0 Å². The lowest BCUT2D eigenvalue weighted by atomic mass is 10.2. The van der Waals surface area contributed by atoms with Crippen molar-refractivity contribution in [1.82, 2.24) is 9.62 Å². The van der Waals surface area contributed by atoms with Gasteiger partial charge in [-0.25, -0.2) is 8.42 Å². The summed E-state index contributed by atoms with van der Waals surface area (Å²) in [7, 11) is -3.34. The molecular formula is C13H20N2O3S. The first-order valence-corrected chi connectivity index (χ1v) is 7.75. The Morgan fingerprint density at radius 1 is 1.32 bits per heavy atom. The fourth-order valence-corrected chi connectivity index (χ4v) is 3.76. The van der Waals surface area contributed by atoms with Crippen LogP contribution in [0.4, 0.5) is 0 Å². The van der Waals surface area contributed by atoms with Gasteiger partial charge in [-0.3, -0.25) is 0 Å². The van der Waals surface area contributed by atoms with E-state index in [4.69, 9.17) is 0 Å². The lowest BCUT2D eigenvalue weighted by Gasteiger charge is -2.29. The van der Waals surface area contributed by atoms with E-state index in [1.807, 2.05) is 0 Å². The lowest BCUT2D eigenvalue weighted by Crippen LogP contribution is -2.45. The molecule has 106 valence electrons. The monoisotopic (exact) mass is 284 g/mol. The van der Waals surface area contributed by atoms with E-state index in [9.17, 15) is 13.5 Å². The molecule has 0 radical (unpaired) electrons. The minimum Gasteiger partial charge on any atom is -0.508 e. The number of sulfonamides is 1. The third kappa shape index (κ3) is 2.91. The summed E-state index contributed by atoms with van der Waals surface area (Å²) in [5, 5.41) is 12.4. The van der Waals surface area contributed by atoms with Crippen molar-refractivity contribution in [3.8, 4) is 5.75 Å². The standard InChI is InChI=1S/C13H20N2O3S/c1-13(2)10-14-7-8-15(19(13,17)18)9-11-3-5-12(16)6-4-11/h3-6,14,16H,7-10H2,1-2H3. The Hall–Kier alpha value is -1.11. The summed E-state index contributed by atoms with van der Waals surface area (Å²) in [6.07, 6.45) is 0. The van der Waals surface area contributed by atoms with Gasteiger partial charge in [-0.15, -0.1) is 0 Å². The van der Waals surface area contributed by atoms with Gasteiger partial charge in [-0.05, 0) is 31.5 Å². The molecule has 1 saturated heterocycles. The molecule has 0 amide bonds. The van der Waals surface area contributed by atoms with Crippen molar-refractivity contribution in [2.75, 3.05) is 19.6 Å². The molecule has 2 N–H and O–H groups in total. The molecule has 1 aromatic carbocycles. The molecule has 1 aliphatic rings. The largest absolute Gasteiger partial charge is 0.508 e. The Balaban J connectivity index is 2.25. The highest BCUT2D eigenvalue weighted by atomic mass is 32.2. The Morgan fingerprint density at radius 2 is 1.95 bits per heavy atom. The third-order valence-electron chi connectivity index (χ3n) is 3.42. The number of phenols is 1. The highest BCUT2D eigenvalue weighted by Gasteiger charge is 2.40. The molecule has 1 aliphatic heterocycles. The SMILES string of the molecule is CC1(C)CNCCN(Cc2ccc(O)cc2)S1(=O)=O. The highest BCUT2D eigenvalue weighted by Crippen LogP contribution is 2.24. The molecule has 0 aromatic heterocycles. The minimum atomic E-state index is -3.34. The molecule has 0 aliphatic carbocycles. The number of benzene rings is 1. The van der Waals surface area contributed by atoms with Crippen LogP contribution in [0.3, 0.4) is 0 Å². The van der Waals surface area contributed by atoms with Crippen LogP contribution in [-0.4, -0.2) is 42.2 Å². The summed E-state index contributed by atoms with van der Waals surface area (Å²) in [5.41, 5.74) is 0.874. The van der Waals surface area contributed by atoms with Gasteiger partial charge in [-0.2, -0.15) is 4.31 Å². The smallest absolute Gasteiger partial charge is 0.220 e. The molecule has 0 atom stereocenters. The van der Waals surface area contributed by atoms with E-state index in [0.29, 0.717) is 26.2 Å². The van der Waals surface area contributed by atoms with Crippen molar-refractivity contribution in [3.63, 3.8) is 0 Å². The lowest BCUT2D eigenvalue weighted by molar-refractivity contribution is 0.407. The zero-order chi connectivity index (χ0) is 14.1. The molecule has 0 bridgehead atoms. The van der Waals surface area contributed by atoms with Crippen LogP contribution in [0.25, 0.3) is 0 Å². The van der Waals surface area contributed by atoms with Crippen molar-refractivity contribution in [3.05, 3.63) is 29.8 Å². The van der Waals surface area contributed by atoms with Crippen LogP contribution in [0.1, 0.15) is 19.4 Å². The Morgan fingerprint density at radius 3 is 2.58 bits per heavy atom. The number of hydrogen-bond donors (Lipinski definition) is 2. The number of nitrogens with one attached hydrogen (secondary N) is 1. The van der Waals surface area contributed by atoms with Crippen molar-refractivity contribution >= 4 is 10.0 Å². The second-order valence-electron chi connectivity index (χ2n) is 5.44. The van der Waals surface area contributed by atoms with Gasteiger partial charge in [0.15, 0.2) is 0 Å². The van der Waals surface area contributed by atoms with E-state index in [-0.39, 0.29) is 5.75 Å². The number of rotatable bonds is 2. The van der Waals surface area contributed by atoms with Crippen LogP contribution in [-0.2, 0) is 16.6 Å². The fraction of sp³-hybridized carbons (Fsp3) is 0.538. The molecule has 6 heteroatoms. The topological polar surface area (TPSA) is 69.6 Å². The minimum absolute atomic E-state index is 0.185. The molecule has 0 spiro atoms. The van der Waals surface area contributed by atoms with Gasteiger partial charge in [0.25, 0.3) is 0 Å². The molecule has 2 rings (SSSR count). The number of hydrogen-bond acceptors (Lipinski definition) is 4. The van der Waals surface area contributed by atoms with Crippen LogP contribution < -0.4 is 5.32 Å². The summed E-state index contributed by atoms with van der Waals surface area (Å²) in [6, 6.07) is 6.64. The van der Waals surface area contributed by atoms with Gasteiger partial charge in [-0.1, -0.05) is 12.1 Å². The predicted octanol–water partition coefficient (Wildman–Crippen LogP) is 0.906. The molecule has 1 aromatic rings. The van der Waals surface area contributed by atoms with Crippen molar-refractivity contribution < 1.29 is 13.5 Å². The van der Waals surface area contributed by atoms with Gasteiger partial charge >= 0.3 is 0 Å². The third-order valence-corrected chi connectivity index (χ3v) is 5.95. The molecule has 0 unspecified atom stereocenters. The summed E-state index contributed by atoms with van der Waals surface area (Å²) >= 11 is 0. The molecule has 5 nitrogen and oxygen atoms in total. The van der Waals surface area contributed by atoms with E-state index in [1.54, 1.807) is 38.1 Å². The predicted molar refractivity (Wildman–Crippen MR) is 74.4 cm³/mol. The quantitative estimate of drug-likeness (QED) is 0.847. The summed E-state index contributed by atoms with van der Waals surface area (Å²) in [4.78, 5) is 0. The zero-order valence-electron chi connectivity index (χ0n) is 11.3. The van der Waals surface area contributed by atoms with E-state index in [1.165, 1.54) is 4.31 Å². The van der Waals surface area contributed by atoms with Crippen molar-refractivity contribution in [2.24, 2.45) is 0 Å². The van der Waals surface area contributed by atoms with E-state index < -0.39 is 14.8 Å². The first-order valence-electron chi connectivity index (χ1n) is 6.31. The average molecular weight is 284 g/mol. The number of aromatic hydroxyl groups is 1. The fourth-order valence-electron chi connectivity index (χ4n) is 2.12. The van der Waals surface area contributed by atoms with Gasteiger partial charge < -0.3 is 10.4 Å². The average Bonchev–Trinajstić information content (AvgIpc) is 2.43. The number of phenolic OH excluding ortho intramolecular Hbond substituents is 1. The molecule has 1 heterocycles. The molecular weight excluding hydrogens is 264 g/mol. The second-order valence-corrected chi connectivity index (χ2v) is 8.01. The van der Waals surface area contributed by atoms with Crippen molar-refractivity contribution in [1.29, 1.82) is 0 Å². The normalized spacial score (nSPS) is 22.8. The highest BCUT2D eigenvalue weighted by molar-refractivity contribution is 7.90. The zero-order valence-corrected chi connectivity index (χ0v) is 12.1. The maximum atomic E-state index is 12.6. The second kappa shape index (κ2) is 5.11. The first kappa shape index (κ1) is 14.3. The summed E-state index contributed by atoms with van der Waals surface area (Å²) in [6.45, 7) is 5.40. The summed E-state index contributed by atoms with van der Waals surface area (Å²) < 4.78 is 25.8. The van der Waals surface area contributed by atoms with Gasteiger partial charge in [0.2, 0.25) is 10.0 Å². The van der Waals surface area contributed by atoms with Crippen LogP contribution in [0, 0.1) is 0 Å². The Bertz CT molecular complexity index is 538. The molecule has 1 fully saturated rings. The van der Waals surface area contributed by atoms with Crippen molar-refractivity contribution in [2.45, 2.75) is 25.1 Å². The Kier molecular flexibility index (Phi) is 3.85. The van der Waals surface area contributed by atoms with Crippen LogP contribution in [0.2, 0.25) is 0 Å². The van der Waals surface area contributed by atoms with Crippen LogP contribution >= 0.6 is 0 Å². The van der Waals surface area contributed by atoms with Crippen LogP contribution in [0.5, 0.6) is 5.75 Å².